The summed E-state index contributed by atoms with van der Waals surface area (Å²) >= 11 is 6.30. The van der Waals surface area contributed by atoms with Crippen molar-refractivity contribution < 1.29 is 27.4 Å². The maximum atomic E-state index is 16.3. The molecule has 2 saturated heterocycles. The number of amides is 1. The number of pyridine rings is 1. The number of fused-ring (bicyclic) bond motifs is 2. The number of carbonyl (C=O) groups excluding carboxylic acids is 1. The summed E-state index contributed by atoms with van der Waals surface area (Å²) in [6, 6.07) is 9.60. The molecule has 1 amide bonds. The van der Waals surface area contributed by atoms with E-state index in [1.54, 1.807) is 30.3 Å². The Labute approximate surface area is 250 Å². The van der Waals surface area contributed by atoms with Crippen LogP contribution in [-0.4, -0.2) is 71.3 Å². The molecule has 0 N–H and O–H groups in total. The lowest BCUT2D eigenvalue weighted by Crippen LogP contribution is -2.49. The monoisotopic (exact) mass is 610 g/mol. The molecule has 0 bridgehead atoms. The zero-order chi connectivity index (χ0) is 30.7. The molecule has 2 aromatic carbocycles. The highest BCUT2D eigenvalue weighted by Gasteiger charge is 2.28. The number of hydrogen-bond donors (Lipinski definition) is 0. The van der Waals surface area contributed by atoms with E-state index in [4.69, 9.17) is 26.3 Å². The number of anilines is 1. The van der Waals surface area contributed by atoms with Gasteiger partial charge in [0, 0.05) is 63.3 Å². The maximum Gasteiger partial charge on any atom is 0.319 e. The van der Waals surface area contributed by atoms with Crippen LogP contribution in [0.4, 0.5) is 19.0 Å². The van der Waals surface area contributed by atoms with E-state index in [0.29, 0.717) is 47.2 Å². The molecule has 4 heterocycles. The first-order chi connectivity index (χ1) is 20.7. The molecule has 13 heteroatoms. The third-order valence-corrected chi connectivity index (χ3v) is 7.49. The predicted octanol–water partition coefficient (Wildman–Crippen LogP) is 5.61. The number of benzene rings is 2. The summed E-state index contributed by atoms with van der Waals surface area (Å²) in [6.07, 6.45) is 2.18. The zero-order valence-electron chi connectivity index (χ0n) is 23.1. The fraction of sp³-hybridized carbons (Fsp3) is 0.300. The number of nitrogens with zero attached hydrogens (tertiary/aromatic N) is 6. The van der Waals surface area contributed by atoms with E-state index in [9.17, 15) is 13.6 Å². The average Bonchev–Trinajstić information content (AvgIpc) is 2.98. The minimum atomic E-state index is -1.03. The van der Waals surface area contributed by atoms with Gasteiger partial charge in [-0.2, -0.15) is 15.2 Å². The van der Waals surface area contributed by atoms with E-state index in [-0.39, 0.29) is 48.0 Å². The van der Waals surface area contributed by atoms with Crippen LogP contribution in [0.15, 0.2) is 48.9 Å². The van der Waals surface area contributed by atoms with Crippen molar-refractivity contribution in [2.24, 2.45) is 0 Å². The van der Waals surface area contributed by atoms with Gasteiger partial charge in [-0.1, -0.05) is 42.4 Å². The van der Waals surface area contributed by atoms with E-state index < -0.39 is 23.4 Å². The van der Waals surface area contributed by atoms with E-state index in [1.807, 2.05) is 4.90 Å². The van der Waals surface area contributed by atoms with Gasteiger partial charge < -0.3 is 19.3 Å². The van der Waals surface area contributed by atoms with Gasteiger partial charge in [0.25, 0.3) is 5.91 Å². The third kappa shape index (κ3) is 6.04. The Bertz CT molecular complexity index is 1750. The first-order valence-electron chi connectivity index (χ1n) is 13.4. The number of halogens is 4. The van der Waals surface area contributed by atoms with E-state index in [2.05, 4.69) is 21.5 Å². The summed E-state index contributed by atoms with van der Waals surface area (Å²) in [7, 11) is 0. The standard InChI is InChI=1S/C28H23ClF3N5O3.C2H3N/c1-15(30)27(38)37-10-8-36(9-11-37)26-19-13-33-24(18-4-2-3-16-5-6-20(31)22(29)21(16)18)23(32)25(19)34-28(35-26)40-14-17-7-12-39-17;1-2-3/h2-6,13,17H,1,7-12,14H2;1H3. The van der Waals surface area contributed by atoms with Gasteiger partial charge >= 0.3 is 6.01 Å². The molecule has 2 aliphatic heterocycles. The number of carbonyl (C=O) groups is 1. The van der Waals surface area contributed by atoms with E-state index in [1.165, 1.54) is 24.1 Å². The molecular formula is C30H26ClF3N6O3. The summed E-state index contributed by atoms with van der Waals surface area (Å²) in [5, 5.41) is 8.46. The maximum absolute atomic E-state index is 16.3. The Kier molecular flexibility index (Phi) is 8.94. The number of piperazine rings is 1. The summed E-state index contributed by atoms with van der Waals surface area (Å²) in [5.74, 6) is -2.81. The highest BCUT2D eigenvalue weighted by molar-refractivity contribution is 6.36. The minimum Gasteiger partial charge on any atom is -0.461 e. The summed E-state index contributed by atoms with van der Waals surface area (Å²) in [5.41, 5.74) is 0.213. The first-order valence-corrected chi connectivity index (χ1v) is 13.8. The molecule has 6 rings (SSSR count). The van der Waals surface area contributed by atoms with Gasteiger partial charge in [0.05, 0.1) is 22.6 Å². The number of ether oxygens (including phenoxy) is 2. The smallest absolute Gasteiger partial charge is 0.319 e. The van der Waals surface area contributed by atoms with Crippen molar-refractivity contribution in [3.8, 4) is 23.3 Å². The molecule has 1 atom stereocenters. The van der Waals surface area contributed by atoms with Crippen LogP contribution in [0.5, 0.6) is 6.01 Å². The molecule has 43 heavy (non-hydrogen) atoms. The van der Waals surface area contributed by atoms with Crippen molar-refractivity contribution in [2.75, 3.05) is 44.3 Å². The summed E-state index contributed by atoms with van der Waals surface area (Å²) in [4.78, 5) is 28.5. The highest BCUT2D eigenvalue weighted by atomic mass is 35.5. The van der Waals surface area contributed by atoms with Gasteiger partial charge in [0.1, 0.15) is 29.5 Å². The molecule has 2 aliphatic rings. The SMILES string of the molecule is C=C(F)C(=O)N1CCN(c2nc(OCC3CCO3)nc3c(F)c(-c4cccc5ccc(F)c(Cl)c45)ncc23)CC1.CC#N. The van der Waals surface area contributed by atoms with Crippen LogP contribution in [0.2, 0.25) is 5.02 Å². The second kappa shape index (κ2) is 12.8. The van der Waals surface area contributed by atoms with Crippen LogP contribution in [0.25, 0.3) is 32.9 Å². The second-order valence-corrected chi connectivity index (χ2v) is 10.2. The number of aromatic nitrogens is 3. The third-order valence-electron chi connectivity index (χ3n) is 7.12. The van der Waals surface area contributed by atoms with Crippen molar-refractivity contribution >= 4 is 45.0 Å². The molecule has 1 unspecified atom stereocenters. The number of hydrogen-bond acceptors (Lipinski definition) is 8. The molecular weight excluding hydrogens is 585 g/mol. The topological polar surface area (TPSA) is 104 Å². The van der Waals surface area contributed by atoms with Gasteiger partial charge in [-0.3, -0.25) is 9.78 Å². The van der Waals surface area contributed by atoms with Gasteiger partial charge in [-0.05, 0) is 11.5 Å². The molecule has 222 valence electrons. The van der Waals surface area contributed by atoms with Crippen molar-refractivity contribution in [3.63, 3.8) is 0 Å². The fourth-order valence-electron chi connectivity index (χ4n) is 4.90. The molecule has 2 aromatic heterocycles. The first kappa shape index (κ1) is 30.0. The molecule has 0 aliphatic carbocycles. The number of rotatable bonds is 6. The molecule has 2 fully saturated rings. The molecule has 0 radical (unpaired) electrons. The normalized spacial score (nSPS) is 16.2. The lowest BCUT2D eigenvalue weighted by molar-refractivity contribution is -0.128. The van der Waals surface area contributed by atoms with Crippen LogP contribution in [-0.2, 0) is 9.53 Å². The van der Waals surface area contributed by atoms with Crippen LogP contribution in [0, 0.1) is 23.0 Å². The predicted molar refractivity (Wildman–Crippen MR) is 155 cm³/mol. The lowest BCUT2D eigenvalue weighted by atomic mass is 10.0. The molecule has 9 nitrogen and oxygen atoms in total. The van der Waals surface area contributed by atoms with Gasteiger partial charge in [0.15, 0.2) is 11.6 Å². The van der Waals surface area contributed by atoms with E-state index in [0.717, 1.165) is 6.42 Å². The molecule has 0 spiro atoms. The summed E-state index contributed by atoms with van der Waals surface area (Å²) in [6.45, 7) is 6.39. The summed E-state index contributed by atoms with van der Waals surface area (Å²) < 4.78 is 55.2. The van der Waals surface area contributed by atoms with Crippen LogP contribution in [0.1, 0.15) is 13.3 Å². The van der Waals surface area contributed by atoms with Gasteiger partial charge in [-0.15, -0.1) is 0 Å². The Hall–Kier alpha value is -4.47. The second-order valence-electron chi connectivity index (χ2n) is 9.78. The van der Waals surface area contributed by atoms with E-state index >= 15 is 4.39 Å². The highest BCUT2D eigenvalue weighted by Crippen LogP contribution is 2.38. The molecule has 0 saturated carbocycles. The van der Waals surface area contributed by atoms with Crippen LogP contribution in [0.3, 0.4) is 0 Å². The largest absolute Gasteiger partial charge is 0.461 e. The van der Waals surface area contributed by atoms with Crippen LogP contribution >= 0.6 is 11.6 Å². The van der Waals surface area contributed by atoms with Crippen LogP contribution < -0.4 is 9.64 Å². The number of nitriles is 1. The molecule has 4 aromatic rings. The quantitative estimate of drug-likeness (QED) is 0.260. The Balaban J connectivity index is 0.00000118. The minimum absolute atomic E-state index is 0.0419. The van der Waals surface area contributed by atoms with Crippen molar-refractivity contribution in [1.29, 1.82) is 5.26 Å². The lowest BCUT2D eigenvalue weighted by Gasteiger charge is -2.35. The fourth-order valence-corrected chi connectivity index (χ4v) is 5.17. The van der Waals surface area contributed by atoms with Crippen molar-refractivity contribution in [1.82, 2.24) is 19.9 Å². The zero-order valence-corrected chi connectivity index (χ0v) is 23.9. The Morgan fingerprint density at radius 3 is 2.58 bits per heavy atom. The van der Waals surface area contributed by atoms with Gasteiger partial charge in [-0.25, -0.2) is 13.2 Å². The Morgan fingerprint density at radius 2 is 1.93 bits per heavy atom. The van der Waals surface area contributed by atoms with Crippen molar-refractivity contribution in [3.05, 3.63) is 65.6 Å². The average molecular weight is 611 g/mol. The van der Waals surface area contributed by atoms with Gasteiger partial charge in [0.2, 0.25) is 0 Å². The Morgan fingerprint density at radius 1 is 1.21 bits per heavy atom. The van der Waals surface area contributed by atoms with Crippen molar-refractivity contribution in [2.45, 2.75) is 19.4 Å².